The van der Waals surface area contributed by atoms with Crippen molar-refractivity contribution < 1.29 is 4.74 Å². The van der Waals surface area contributed by atoms with Crippen LogP contribution in [0.15, 0.2) is 24.3 Å². The molecule has 0 bridgehead atoms. The predicted octanol–water partition coefficient (Wildman–Crippen LogP) is 4.39. The summed E-state index contributed by atoms with van der Waals surface area (Å²) in [6, 6.07) is 9.07. The van der Waals surface area contributed by atoms with Gasteiger partial charge in [0.05, 0.1) is 6.61 Å². The molecule has 1 aliphatic carbocycles. The first-order valence-corrected chi connectivity index (χ1v) is 7.93. The van der Waals surface area contributed by atoms with E-state index in [-0.39, 0.29) is 0 Å². The summed E-state index contributed by atoms with van der Waals surface area (Å²) in [7, 11) is 0. The van der Waals surface area contributed by atoms with Gasteiger partial charge < -0.3 is 10.1 Å². The normalized spacial score (nSPS) is 25.4. The molecule has 2 nitrogen and oxygen atoms in total. The molecule has 1 N–H and O–H groups in total. The van der Waals surface area contributed by atoms with E-state index in [1.807, 2.05) is 13.0 Å². The van der Waals surface area contributed by atoms with Gasteiger partial charge in [-0.3, -0.25) is 0 Å². The highest BCUT2D eigenvalue weighted by molar-refractivity contribution is 5.28. The topological polar surface area (TPSA) is 21.3 Å². The molecule has 2 atom stereocenters. The van der Waals surface area contributed by atoms with E-state index in [1.54, 1.807) is 0 Å². The zero-order chi connectivity index (χ0) is 14.6. The van der Waals surface area contributed by atoms with Crippen molar-refractivity contribution in [1.82, 2.24) is 5.32 Å². The molecule has 0 saturated heterocycles. The zero-order valence-corrected chi connectivity index (χ0v) is 13.4. The highest BCUT2D eigenvalue weighted by Crippen LogP contribution is 2.38. The third-order valence-electron chi connectivity index (χ3n) is 4.19. The lowest BCUT2D eigenvalue weighted by molar-refractivity contribution is 0.151. The summed E-state index contributed by atoms with van der Waals surface area (Å²) in [5, 5.41) is 3.74. The number of nitrogens with one attached hydrogen (secondary N) is 1. The molecule has 0 aromatic heterocycles. The summed E-state index contributed by atoms with van der Waals surface area (Å²) in [4.78, 5) is 0. The SMILES string of the molecule is CCOc1cccc(CNC2CC(C)CC(C)(C)C2)c1. The third-order valence-corrected chi connectivity index (χ3v) is 4.19. The van der Waals surface area contributed by atoms with Crippen molar-refractivity contribution >= 4 is 0 Å². The highest BCUT2D eigenvalue weighted by Gasteiger charge is 2.31. The van der Waals surface area contributed by atoms with Crippen LogP contribution in [0.1, 0.15) is 52.5 Å². The van der Waals surface area contributed by atoms with Crippen molar-refractivity contribution in [1.29, 1.82) is 0 Å². The fourth-order valence-corrected chi connectivity index (χ4v) is 3.68. The third kappa shape index (κ3) is 4.52. The van der Waals surface area contributed by atoms with E-state index in [9.17, 15) is 0 Å². The first-order chi connectivity index (χ1) is 9.48. The van der Waals surface area contributed by atoms with Gasteiger partial charge in [-0.15, -0.1) is 0 Å². The molecular weight excluding hydrogens is 246 g/mol. The van der Waals surface area contributed by atoms with E-state index in [0.717, 1.165) is 24.8 Å². The van der Waals surface area contributed by atoms with Crippen molar-refractivity contribution in [2.24, 2.45) is 11.3 Å². The Kier molecular flexibility index (Phi) is 5.09. The lowest BCUT2D eigenvalue weighted by Gasteiger charge is -2.39. The van der Waals surface area contributed by atoms with Crippen molar-refractivity contribution in [3.8, 4) is 5.75 Å². The van der Waals surface area contributed by atoms with Crippen molar-refractivity contribution in [2.75, 3.05) is 6.61 Å². The van der Waals surface area contributed by atoms with Crippen LogP contribution in [0.5, 0.6) is 5.75 Å². The number of ether oxygens (including phenoxy) is 1. The van der Waals surface area contributed by atoms with Crippen molar-refractivity contribution in [3.63, 3.8) is 0 Å². The summed E-state index contributed by atoms with van der Waals surface area (Å²) in [5.41, 5.74) is 1.79. The number of benzene rings is 1. The van der Waals surface area contributed by atoms with Gasteiger partial charge in [-0.05, 0) is 55.2 Å². The van der Waals surface area contributed by atoms with E-state index >= 15 is 0 Å². The summed E-state index contributed by atoms with van der Waals surface area (Å²) < 4.78 is 5.56. The molecule has 0 heterocycles. The fourth-order valence-electron chi connectivity index (χ4n) is 3.68. The monoisotopic (exact) mass is 275 g/mol. The maximum absolute atomic E-state index is 5.56. The summed E-state index contributed by atoms with van der Waals surface area (Å²) >= 11 is 0. The lowest BCUT2D eigenvalue weighted by Crippen LogP contribution is -2.39. The molecule has 0 spiro atoms. The van der Waals surface area contributed by atoms with E-state index in [4.69, 9.17) is 4.74 Å². The minimum absolute atomic E-state index is 0.475. The van der Waals surface area contributed by atoms with E-state index in [1.165, 1.54) is 24.8 Å². The fraction of sp³-hybridized carbons (Fsp3) is 0.667. The van der Waals surface area contributed by atoms with Gasteiger partial charge in [-0.25, -0.2) is 0 Å². The summed E-state index contributed by atoms with van der Waals surface area (Å²) in [6.45, 7) is 10.9. The maximum Gasteiger partial charge on any atom is 0.119 e. The van der Waals surface area contributed by atoms with Gasteiger partial charge in [0.15, 0.2) is 0 Å². The molecule has 0 aliphatic heterocycles. The van der Waals surface area contributed by atoms with Gasteiger partial charge in [-0.1, -0.05) is 32.9 Å². The van der Waals surface area contributed by atoms with Gasteiger partial charge in [0.25, 0.3) is 0 Å². The Balaban J connectivity index is 1.90. The van der Waals surface area contributed by atoms with Gasteiger partial charge in [0, 0.05) is 12.6 Å². The van der Waals surface area contributed by atoms with Crippen LogP contribution in [-0.2, 0) is 6.54 Å². The van der Waals surface area contributed by atoms with Crippen LogP contribution >= 0.6 is 0 Å². The van der Waals surface area contributed by atoms with Crippen LogP contribution in [0.4, 0.5) is 0 Å². The molecule has 112 valence electrons. The molecular formula is C18H29NO. The van der Waals surface area contributed by atoms with Gasteiger partial charge >= 0.3 is 0 Å². The van der Waals surface area contributed by atoms with Gasteiger partial charge in [0.1, 0.15) is 5.75 Å². The molecule has 0 amide bonds. The first-order valence-electron chi connectivity index (χ1n) is 7.93. The molecule has 1 aliphatic rings. The molecule has 0 radical (unpaired) electrons. The van der Waals surface area contributed by atoms with Crippen LogP contribution in [0.25, 0.3) is 0 Å². The van der Waals surface area contributed by atoms with Crippen LogP contribution < -0.4 is 10.1 Å². The van der Waals surface area contributed by atoms with Crippen LogP contribution in [0.3, 0.4) is 0 Å². The van der Waals surface area contributed by atoms with E-state index in [2.05, 4.69) is 44.3 Å². The minimum atomic E-state index is 0.475. The van der Waals surface area contributed by atoms with E-state index < -0.39 is 0 Å². The smallest absolute Gasteiger partial charge is 0.119 e. The number of hydrogen-bond donors (Lipinski definition) is 1. The average Bonchev–Trinajstić information content (AvgIpc) is 2.35. The molecule has 20 heavy (non-hydrogen) atoms. The Morgan fingerprint density at radius 3 is 2.80 bits per heavy atom. The average molecular weight is 275 g/mol. The quantitative estimate of drug-likeness (QED) is 0.860. The molecule has 1 aromatic rings. The van der Waals surface area contributed by atoms with E-state index in [0.29, 0.717) is 11.5 Å². The predicted molar refractivity (Wildman–Crippen MR) is 85.0 cm³/mol. The lowest BCUT2D eigenvalue weighted by atomic mass is 9.70. The standard InChI is InChI=1S/C18H29NO/c1-5-20-17-8-6-7-15(10-17)13-19-16-9-14(2)11-18(3,4)12-16/h6-8,10,14,16,19H,5,9,11-13H2,1-4H3. The molecule has 2 heteroatoms. The number of hydrogen-bond acceptors (Lipinski definition) is 2. The molecule has 1 saturated carbocycles. The Hall–Kier alpha value is -1.02. The van der Waals surface area contributed by atoms with Crippen molar-refractivity contribution in [2.45, 2.75) is 59.5 Å². The maximum atomic E-state index is 5.56. The second-order valence-corrected chi connectivity index (χ2v) is 7.07. The first kappa shape index (κ1) is 15.4. The second-order valence-electron chi connectivity index (χ2n) is 7.07. The summed E-state index contributed by atoms with van der Waals surface area (Å²) in [6.07, 6.45) is 3.93. The molecule has 1 fully saturated rings. The van der Waals surface area contributed by atoms with Crippen molar-refractivity contribution in [3.05, 3.63) is 29.8 Å². The Bertz CT molecular complexity index is 427. The Morgan fingerprint density at radius 1 is 1.30 bits per heavy atom. The number of rotatable bonds is 5. The Labute approximate surface area is 123 Å². The molecule has 2 rings (SSSR count). The van der Waals surface area contributed by atoms with Gasteiger partial charge in [-0.2, -0.15) is 0 Å². The summed E-state index contributed by atoms with van der Waals surface area (Å²) in [5.74, 6) is 1.80. The van der Waals surface area contributed by atoms with Crippen LogP contribution in [-0.4, -0.2) is 12.6 Å². The van der Waals surface area contributed by atoms with Crippen LogP contribution in [0, 0.1) is 11.3 Å². The molecule has 2 unspecified atom stereocenters. The highest BCUT2D eigenvalue weighted by atomic mass is 16.5. The zero-order valence-electron chi connectivity index (χ0n) is 13.4. The Morgan fingerprint density at radius 2 is 2.10 bits per heavy atom. The second kappa shape index (κ2) is 6.62. The largest absolute Gasteiger partial charge is 0.494 e. The van der Waals surface area contributed by atoms with Gasteiger partial charge in [0.2, 0.25) is 0 Å². The molecule has 1 aromatic carbocycles. The minimum Gasteiger partial charge on any atom is -0.494 e. The van der Waals surface area contributed by atoms with Crippen LogP contribution in [0.2, 0.25) is 0 Å².